The van der Waals surface area contributed by atoms with E-state index in [1.54, 1.807) is 19.9 Å². The zero-order valence-electron chi connectivity index (χ0n) is 16.7. The third kappa shape index (κ3) is 6.44. The first-order valence-electron chi connectivity index (χ1n) is 8.84. The molecule has 0 saturated carbocycles. The molecule has 2 amide bonds. The van der Waals surface area contributed by atoms with Crippen LogP contribution in [0.4, 0.5) is 13.2 Å². The van der Waals surface area contributed by atoms with Crippen molar-refractivity contribution in [2.24, 2.45) is 11.7 Å². The van der Waals surface area contributed by atoms with Crippen LogP contribution < -0.4 is 5.73 Å². The van der Waals surface area contributed by atoms with Crippen LogP contribution in [0.1, 0.15) is 42.2 Å². The highest BCUT2D eigenvalue weighted by atomic mass is 19.4. The lowest BCUT2D eigenvalue weighted by Crippen LogP contribution is -2.51. The van der Waals surface area contributed by atoms with Gasteiger partial charge in [0.1, 0.15) is 6.04 Å². The summed E-state index contributed by atoms with van der Waals surface area (Å²) in [5.41, 5.74) is 5.28. The largest absolute Gasteiger partial charge is 0.408 e. The van der Waals surface area contributed by atoms with Gasteiger partial charge in [-0.15, -0.1) is 0 Å². The lowest BCUT2D eigenvalue weighted by atomic mass is 9.96. The third-order valence-corrected chi connectivity index (χ3v) is 4.35. The summed E-state index contributed by atoms with van der Waals surface area (Å²) in [6.45, 7) is 2.85. The van der Waals surface area contributed by atoms with Gasteiger partial charge in [0, 0.05) is 12.6 Å². The molecule has 10 heteroatoms. The SMILES string of the molecule is CON(C)C(=O)c1ccc([C@H](N(CC#N)[C@@H](CC(C)C)C(N)=O)C(F)(F)F)cc1. The Morgan fingerprint density at radius 2 is 1.79 bits per heavy atom. The predicted molar refractivity (Wildman–Crippen MR) is 99.1 cm³/mol. The van der Waals surface area contributed by atoms with Crippen LogP contribution in [0.25, 0.3) is 0 Å². The van der Waals surface area contributed by atoms with Crippen molar-refractivity contribution in [1.29, 1.82) is 5.26 Å². The Morgan fingerprint density at radius 1 is 1.24 bits per heavy atom. The van der Waals surface area contributed by atoms with Gasteiger partial charge in [-0.05, 0) is 30.0 Å². The third-order valence-electron chi connectivity index (χ3n) is 4.35. The molecule has 0 aliphatic carbocycles. The fourth-order valence-electron chi connectivity index (χ4n) is 2.97. The highest BCUT2D eigenvalue weighted by Gasteiger charge is 2.48. The van der Waals surface area contributed by atoms with E-state index in [1.165, 1.54) is 26.3 Å². The molecule has 29 heavy (non-hydrogen) atoms. The number of nitrogens with zero attached hydrogens (tertiary/aromatic N) is 3. The highest BCUT2D eigenvalue weighted by Crippen LogP contribution is 2.39. The maximum absolute atomic E-state index is 14.0. The Kier molecular flexibility index (Phi) is 8.60. The second-order valence-electron chi connectivity index (χ2n) is 6.93. The second kappa shape index (κ2) is 10.2. The first kappa shape index (κ1) is 24.4. The molecule has 0 unspecified atom stereocenters. The fraction of sp³-hybridized carbons (Fsp3) is 0.526. The van der Waals surface area contributed by atoms with Crippen molar-refractivity contribution in [2.75, 3.05) is 20.7 Å². The minimum atomic E-state index is -4.78. The van der Waals surface area contributed by atoms with E-state index >= 15 is 0 Å². The lowest BCUT2D eigenvalue weighted by Gasteiger charge is -2.37. The first-order valence-corrected chi connectivity index (χ1v) is 8.84. The van der Waals surface area contributed by atoms with Crippen LogP contribution in [0.2, 0.25) is 0 Å². The van der Waals surface area contributed by atoms with Crippen LogP contribution in [0, 0.1) is 17.2 Å². The number of carbonyl (C=O) groups is 2. The van der Waals surface area contributed by atoms with E-state index in [4.69, 9.17) is 15.8 Å². The van der Waals surface area contributed by atoms with Crippen molar-refractivity contribution < 1.29 is 27.6 Å². The van der Waals surface area contributed by atoms with Crippen LogP contribution in [-0.2, 0) is 9.63 Å². The van der Waals surface area contributed by atoms with Crippen LogP contribution in [0.5, 0.6) is 0 Å². The average Bonchev–Trinajstić information content (AvgIpc) is 2.63. The van der Waals surface area contributed by atoms with Crippen LogP contribution in [0.3, 0.4) is 0 Å². The van der Waals surface area contributed by atoms with E-state index in [0.29, 0.717) is 0 Å². The van der Waals surface area contributed by atoms with Gasteiger partial charge >= 0.3 is 6.18 Å². The van der Waals surface area contributed by atoms with E-state index in [2.05, 4.69) is 0 Å². The van der Waals surface area contributed by atoms with Crippen molar-refractivity contribution >= 4 is 11.8 Å². The molecule has 0 saturated heterocycles. The Balaban J connectivity index is 3.41. The molecule has 0 aromatic heterocycles. The van der Waals surface area contributed by atoms with Crippen LogP contribution >= 0.6 is 0 Å². The number of amides is 2. The molecule has 0 radical (unpaired) electrons. The van der Waals surface area contributed by atoms with E-state index in [0.717, 1.165) is 22.1 Å². The van der Waals surface area contributed by atoms with Gasteiger partial charge in [0.25, 0.3) is 5.91 Å². The van der Waals surface area contributed by atoms with E-state index in [1.807, 2.05) is 0 Å². The number of hydroxylamine groups is 2. The van der Waals surface area contributed by atoms with E-state index in [9.17, 15) is 22.8 Å². The van der Waals surface area contributed by atoms with Crippen molar-refractivity contribution in [3.8, 4) is 6.07 Å². The molecule has 0 heterocycles. The van der Waals surface area contributed by atoms with Crippen LogP contribution in [0.15, 0.2) is 24.3 Å². The lowest BCUT2D eigenvalue weighted by molar-refractivity contribution is -0.192. The molecule has 160 valence electrons. The Morgan fingerprint density at radius 3 is 2.17 bits per heavy atom. The summed E-state index contributed by atoms with van der Waals surface area (Å²) < 4.78 is 42.0. The summed E-state index contributed by atoms with van der Waals surface area (Å²) in [7, 11) is 2.65. The van der Waals surface area contributed by atoms with Gasteiger partial charge in [0.05, 0.1) is 25.8 Å². The topological polar surface area (TPSA) is 99.7 Å². The number of nitrogens with two attached hydrogens (primary N) is 1. The summed E-state index contributed by atoms with van der Waals surface area (Å²) in [5.74, 6) is -1.59. The summed E-state index contributed by atoms with van der Waals surface area (Å²) in [6, 6.07) is 2.94. The zero-order valence-corrected chi connectivity index (χ0v) is 16.7. The molecule has 0 aliphatic heterocycles. The van der Waals surface area contributed by atoms with Gasteiger partial charge in [-0.3, -0.25) is 19.3 Å². The molecule has 0 spiro atoms. The summed E-state index contributed by atoms with van der Waals surface area (Å²) in [5, 5.41) is 10.0. The Bertz CT molecular complexity index is 745. The monoisotopic (exact) mass is 414 g/mol. The van der Waals surface area contributed by atoms with Crippen LogP contribution in [-0.4, -0.2) is 54.7 Å². The smallest absolute Gasteiger partial charge is 0.368 e. The van der Waals surface area contributed by atoms with E-state index in [-0.39, 0.29) is 23.5 Å². The van der Waals surface area contributed by atoms with Gasteiger partial charge in [-0.25, -0.2) is 5.06 Å². The number of hydrogen-bond donors (Lipinski definition) is 1. The quantitative estimate of drug-likeness (QED) is 0.495. The number of halogens is 3. The Hall–Kier alpha value is -2.64. The number of primary amides is 1. The summed E-state index contributed by atoms with van der Waals surface area (Å²) in [6.07, 6.45) is -4.71. The molecular formula is C19H25F3N4O3. The van der Waals surface area contributed by atoms with Crippen molar-refractivity contribution in [1.82, 2.24) is 9.96 Å². The summed E-state index contributed by atoms with van der Waals surface area (Å²) in [4.78, 5) is 29.5. The molecular weight excluding hydrogens is 389 g/mol. The number of alkyl halides is 3. The molecule has 0 aliphatic rings. The highest BCUT2D eigenvalue weighted by molar-refractivity contribution is 5.93. The number of rotatable bonds is 9. The molecule has 0 fully saturated rings. The first-order chi connectivity index (χ1) is 13.4. The number of hydrogen-bond acceptors (Lipinski definition) is 5. The molecule has 7 nitrogen and oxygen atoms in total. The number of carbonyl (C=O) groups excluding carboxylic acids is 2. The van der Waals surface area contributed by atoms with E-state index < -0.39 is 36.6 Å². The molecule has 0 bridgehead atoms. The molecule has 2 N–H and O–H groups in total. The molecule has 2 atom stereocenters. The van der Waals surface area contributed by atoms with Gasteiger partial charge in [0.15, 0.2) is 0 Å². The maximum Gasteiger partial charge on any atom is 0.408 e. The minimum absolute atomic E-state index is 0.0683. The van der Waals surface area contributed by atoms with Gasteiger partial charge in [-0.1, -0.05) is 26.0 Å². The maximum atomic E-state index is 14.0. The fourth-order valence-corrected chi connectivity index (χ4v) is 2.97. The van der Waals surface area contributed by atoms with Crippen molar-refractivity contribution in [2.45, 2.75) is 38.5 Å². The normalized spacial score (nSPS) is 13.8. The molecule has 1 aromatic carbocycles. The average molecular weight is 414 g/mol. The standard InChI is InChI=1S/C19H25F3N4O3/c1-12(2)11-15(17(24)27)26(10-9-23)16(19(20,21)22)13-5-7-14(8-6-13)18(28)25(3)29-4/h5-8,12,15-16H,10-11H2,1-4H3,(H2,24,27)/t15-,16-/m0/s1. The van der Waals surface area contributed by atoms with Crippen molar-refractivity contribution in [3.05, 3.63) is 35.4 Å². The molecule has 1 rings (SSSR count). The predicted octanol–water partition coefficient (Wildman–Crippen LogP) is 2.65. The minimum Gasteiger partial charge on any atom is -0.368 e. The van der Waals surface area contributed by atoms with Gasteiger partial charge in [0.2, 0.25) is 5.91 Å². The number of benzene rings is 1. The summed E-state index contributed by atoms with van der Waals surface area (Å²) >= 11 is 0. The zero-order chi connectivity index (χ0) is 22.4. The van der Waals surface area contributed by atoms with Crippen molar-refractivity contribution in [3.63, 3.8) is 0 Å². The van der Waals surface area contributed by atoms with Gasteiger partial charge in [-0.2, -0.15) is 18.4 Å². The Labute approximate surface area is 167 Å². The van der Waals surface area contributed by atoms with Gasteiger partial charge < -0.3 is 5.73 Å². The molecule has 1 aromatic rings. The second-order valence-corrected chi connectivity index (χ2v) is 6.93. The number of nitriles is 1.